The van der Waals surface area contributed by atoms with Crippen LogP contribution in [0.5, 0.6) is 0 Å². The second-order valence-corrected chi connectivity index (χ2v) is 8.38. The summed E-state index contributed by atoms with van der Waals surface area (Å²) in [7, 11) is 0. The van der Waals surface area contributed by atoms with Gasteiger partial charge in [0.25, 0.3) is 5.91 Å². The molecule has 0 fully saturated rings. The standard InChI is InChI=1S/C26H30N4O5/c1-2-3-9-23-28-22(17-30(23)16-19-10-12-20(13-11-19)26(33)34)25(32)27-21(15-24(31)29-35)14-18-7-5-4-6-8-18/h4-8,10-13,17,21,35H,2-3,9,14-16H2,1H3,(H,27,32)(H,29,31)(H,33,34)/t21-/m0/s1. The number of aromatic nitrogens is 2. The largest absolute Gasteiger partial charge is 0.478 e. The molecule has 4 N–H and O–H groups in total. The third-order valence-electron chi connectivity index (χ3n) is 5.62. The summed E-state index contributed by atoms with van der Waals surface area (Å²) in [5, 5.41) is 20.9. The van der Waals surface area contributed by atoms with E-state index >= 15 is 0 Å². The molecule has 0 saturated carbocycles. The number of carbonyl (C=O) groups is 3. The Kier molecular flexibility index (Phi) is 9.14. The number of imidazole rings is 1. The van der Waals surface area contributed by atoms with E-state index in [-0.39, 0.29) is 17.7 Å². The monoisotopic (exact) mass is 478 g/mol. The number of rotatable bonds is 12. The van der Waals surface area contributed by atoms with Crippen LogP contribution in [-0.2, 0) is 24.2 Å². The van der Waals surface area contributed by atoms with Crippen molar-refractivity contribution in [3.63, 3.8) is 0 Å². The topological polar surface area (TPSA) is 134 Å². The first-order chi connectivity index (χ1) is 16.9. The first kappa shape index (κ1) is 25.6. The molecular formula is C26H30N4O5. The number of benzene rings is 2. The summed E-state index contributed by atoms with van der Waals surface area (Å²) in [5.41, 5.74) is 3.90. The van der Waals surface area contributed by atoms with E-state index in [4.69, 9.17) is 10.3 Å². The fourth-order valence-corrected chi connectivity index (χ4v) is 3.79. The lowest BCUT2D eigenvalue weighted by atomic mass is 10.0. The summed E-state index contributed by atoms with van der Waals surface area (Å²) in [6, 6.07) is 15.5. The second kappa shape index (κ2) is 12.5. The molecule has 0 aliphatic heterocycles. The van der Waals surface area contributed by atoms with Crippen molar-refractivity contribution in [2.24, 2.45) is 0 Å². The van der Waals surface area contributed by atoms with Crippen molar-refractivity contribution in [1.29, 1.82) is 0 Å². The number of aromatic carboxylic acids is 1. The van der Waals surface area contributed by atoms with Gasteiger partial charge in [0.1, 0.15) is 11.5 Å². The zero-order chi connectivity index (χ0) is 25.2. The van der Waals surface area contributed by atoms with Gasteiger partial charge in [-0.2, -0.15) is 0 Å². The highest BCUT2D eigenvalue weighted by Gasteiger charge is 2.21. The van der Waals surface area contributed by atoms with Gasteiger partial charge < -0.3 is 15.0 Å². The molecule has 9 nitrogen and oxygen atoms in total. The molecule has 2 aromatic carbocycles. The minimum absolute atomic E-state index is 0.0868. The zero-order valence-electron chi connectivity index (χ0n) is 19.6. The minimum Gasteiger partial charge on any atom is -0.478 e. The third kappa shape index (κ3) is 7.51. The van der Waals surface area contributed by atoms with Crippen molar-refractivity contribution in [1.82, 2.24) is 20.3 Å². The lowest BCUT2D eigenvalue weighted by Gasteiger charge is -2.17. The fraction of sp³-hybridized carbons (Fsp3) is 0.308. The van der Waals surface area contributed by atoms with Gasteiger partial charge in [0.2, 0.25) is 5.91 Å². The van der Waals surface area contributed by atoms with E-state index < -0.39 is 23.8 Å². The maximum absolute atomic E-state index is 13.1. The van der Waals surface area contributed by atoms with Crippen LogP contribution < -0.4 is 10.8 Å². The van der Waals surface area contributed by atoms with Crippen LogP contribution in [0.15, 0.2) is 60.8 Å². The first-order valence-corrected chi connectivity index (χ1v) is 11.6. The number of carbonyl (C=O) groups excluding carboxylic acids is 2. The number of nitrogens with zero attached hydrogens (tertiary/aromatic N) is 2. The van der Waals surface area contributed by atoms with E-state index in [2.05, 4.69) is 17.2 Å². The van der Waals surface area contributed by atoms with Gasteiger partial charge in [-0.15, -0.1) is 0 Å². The molecule has 9 heteroatoms. The van der Waals surface area contributed by atoms with Crippen LogP contribution in [-0.4, -0.2) is 43.7 Å². The zero-order valence-corrected chi connectivity index (χ0v) is 19.6. The third-order valence-corrected chi connectivity index (χ3v) is 5.62. The molecule has 35 heavy (non-hydrogen) atoms. The molecule has 0 bridgehead atoms. The average Bonchev–Trinajstić information content (AvgIpc) is 3.26. The molecule has 0 radical (unpaired) electrons. The van der Waals surface area contributed by atoms with Crippen LogP contribution >= 0.6 is 0 Å². The smallest absolute Gasteiger partial charge is 0.335 e. The highest BCUT2D eigenvalue weighted by Crippen LogP contribution is 2.14. The van der Waals surface area contributed by atoms with E-state index in [1.807, 2.05) is 34.9 Å². The Morgan fingerprint density at radius 1 is 1.03 bits per heavy atom. The Hall–Kier alpha value is -3.98. The van der Waals surface area contributed by atoms with Crippen LogP contribution in [0.4, 0.5) is 0 Å². The first-order valence-electron chi connectivity index (χ1n) is 11.6. The molecule has 1 aromatic heterocycles. The summed E-state index contributed by atoms with van der Waals surface area (Å²) >= 11 is 0. The van der Waals surface area contributed by atoms with E-state index in [1.165, 1.54) is 0 Å². The van der Waals surface area contributed by atoms with Gasteiger partial charge in [0, 0.05) is 31.6 Å². The van der Waals surface area contributed by atoms with E-state index in [0.717, 1.165) is 29.8 Å². The van der Waals surface area contributed by atoms with Crippen LogP contribution in [0.2, 0.25) is 0 Å². The molecule has 0 aliphatic rings. The van der Waals surface area contributed by atoms with Gasteiger partial charge in [-0.3, -0.25) is 14.8 Å². The maximum atomic E-state index is 13.1. The molecule has 2 amide bonds. The average molecular weight is 479 g/mol. The summed E-state index contributed by atoms with van der Waals surface area (Å²) in [6.07, 6.45) is 4.57. The molecular weight excluding hydrogens is 448 g/mol. The summed E-state index contributed by atoms with van der Waals surface area (Å²) in [4.78, 5) is 40.6. The summed E-state index contributed by atoms with van der Waals surface area (Å²) in [6.45, 7) is 2.52. The van der Waals surface area contributed by atoms with E-state index in [1.54, 1.807) is 35.9 Å². The Balaban J connectivity index is 1.79. The molecule has 0 unspecified atom stereocenters. The fourth-order valence-electron chi connectivity index (χ4n) is 3.79. The molecule has 184 valence electrons. The summed E-state index contributed by atoms with van der Waals surface area (Å²) < 4.78 is 1.90. The van der Waals surface area contributed by atoms with Gasteiger partial charge in [-0.05, 0) is 36.1 Å². The van der Waals surface area contributed by atoms with Crippen molar-refractivity contribution in [3.05, 3.63) is 89.0 Å². The molecule has 0 saturated heterocycles. The lowest BCUT2D eigenvalue weighted by molar-refractivity contribution is -0.129. The number of nitrogens with one attached hydrogen (secondary N) is 2. The van der Waals surface area contributed by atoms with Crippen molar-refractivity contribution in [2.45, 2.75) is 51.6 Å². The van der Waals surface area contributed by atoms with Gasteiger partial charge in [-0.25, -0.2) is 15.3 Å². The molecule has 3 rings (SSSR count). The quantitative estimate of drug-likeness (QED) is 0.233. The van der Waals surface area contributed by atoms with Crippen LogP contribution in [0.3, 0.4) is 0 Å². The molecule has 3 aromatic rings. The molecule has 0 aliphatic carbocycles. The van der Waals surface area contributed by atoms with Gasteiger partial charge in [-0.1, -0.05) is 55.8 Å². The summed E-state index contributed by atoms with van der Waals surface area (Å²) in [5.74, 6) is -1.23. The number of amides is 2. The van der Waals surface area contributed by atoms with Crippen molar-refractivity contribution in [3.8, 4) is 0 Å². The lowest BCUT2D eigenvalue weighted by Crippen LogP contribution is -2.40. The Morgan fingerprint density at radius 2 is 1.74 bits per heavy atom. The number of hydrogen-bond donors (Lipinski definition) is 4. The predicted molar refractivity (Wildman–Crippen MR) is 129 cm³/mol. The SMILES string of the molecule is CCCCc1nc(C(=O)N[C@H](CC(=O)NO)Cc2ccccc2)cn1Cc1ccc(C(=O)O)cc1. The number of hydrogen-bond acceptors (Lipinski definition) is 5. The number of aryl methyl sites for hydroxylation is 1. The second-order valence-electron chi connectivity index (χ2n) is 8.38. The molecule has 1 atom stereocenters. The van der Waals surface area contributed by atoms with Gasteiger partial charge >= 0.3 is 5.97 Å². The highest BCUT2D eigenvalue weighted by molar-refractivity contribution is 5.92. The Morgan fingerprint density at radius 3 is 2.37 bits per heavy atom. The minimum atomic E-state index is -0.985. The number of unbranched alkanes of at least 4 members (excludes halogenated alkanes) is 1. The van der Waals surface area contributed by atoms with Crippen LogP contribution in [0.1, 0.15) is 64.0 Å². The van der Waals surface area contributed by atoms with Gasteiger partial charge in [0.15, 0.2) is 0 Å². The Bertz CT molecular complexity index is 1140. The van der Waals surface area contributed by atoms with Crippen molar-refractivity contribution >= 4 is 17.8 Å². The Labute approximate surface area is 203 Å². The van der Waals surface area contributed by atoms with E-state index in [0.29, 0.717) is 19.4 Å². The number of carboxylic acid groups (broad SMARTS) is 1. The normalized spacial score (nSPS) is 11.6. The van der Waals surface area contributed by atoms with E-state index in [9.17, 15) is 14.4 Å². The number of hydroxylamine groups is 1. The van der Waals surface area contributed by atoms with Crippen LogP contribution in [0, 0.1) is 0 Å². The van der Waals surface area contributed by atoms with Gasteiger partial charge in [0.05, 0.1) is 5.56 Å². The molecule has 0 spiro atoms. The molecule has 1 heterocycles. The predicted octanol–water partition coefficient (Wildman–Crippen LogP) is 3.21. The maximum Gasteiger partial charge on any atom is 0.335 e. The van der Waals surface area contributed by atoms with Crippen molar-refractivity contribution in [2.75, 3.05) is 0 Å². The number of carboxylic acids is 1. The van der Waals surface area contributed by atoms with Crippen molar-refractivity contribution < 1.29 is 24.7 Å². The van der Waals surface area contributed by atoms with Crippen LogP contribution in [0.25, 0.3) is 0 Å². The highest BCUT2D eigenvalue weighted by atomic mass is 16.5.